The van der Waals surface area contributed by atoms with Gasteiger partial charge >= 0.3 is 6.18 Å². The standard InChI is InChI=1S/C14H15ClF3N3O/c1-9-6-13(14(16,17)18)20-21(9)11-4-2-10(3-5-11)19-8-12(22)7-15/h2-6,12,19,22H,7-8H2,1H3. The molecule has 120 valence electrons. The van der Waals surface area contributed by atoms with E-state index < -0.39 is 18.0 Å². The first-order chi connectivity index (χ1) is 10.3. The Hall–Kier alpha value is -1.73. The lowest BCUT2D eigenvalue weighted by atomic mass is 10.2. The summed E-state index contributed by atoms with van der Waals surface area (Å²) in [5.41, 5.74) is 0.730. The molecule has 1 atom stereocenters. The molecule has 0 saturated carbocycles. The van der Waals surface area contributed by atoms with Gasteiger partial charge in [-0.3, -0.25) is 0 Å². The van der Waals surface area contributed by atoms with E-state index in [2.05, 4.69) is 10.4 Å². The number of aliphatic hydroxyl groups is 1. The fourth-order valence-corrected chi connectivity index (χ4v) is 1.99. The summed E-state index contributed by atoms with van der Waals surface area (Å²) >= 11 is 5.49. The van der Waals surface area contributed by atoms with Crippen LogP contribution in [-0.2, 0) is 6.18 Å². The first-order valence-electron chi connectivity index (χ1n) is 6.53. The number of aliphatic hydroxyl groups excluding tert-OH is 1. The molecule has 0 aliphatic carbocycles. The van der Waals surface area contributed by atoms with Gasteiger partial charge in [0.25, 0.3) is 0 Å². The predicted molar refractivity (Wildman–Crippen MR) is 78.5 cm³/mol. The number of aromatic nitrogens is 2. The number of alkyl halides is 4. The molecular weight excluding hydrogens is 319 g/mol. The summed E-state index contributed by atoms with van der Waals surface area (Å²) in [6.45, 7) is 1.85. The van der Waals surface area contributed by atoms with Gasteiger partial charge < -0.3 is 10.4 Å². The van der Waals surface area contributed by atoms with Crippen LogP contribution < -0.4 is 5.32 Å². The van der Waals surface area contributed by atoms with Crippen molar-refractivity contribution in [3.63, 3.8) is 0 Å². The van der Waals surface area contributed by atoms with Gasteiger partial charge in [0.1, 0.15) is 0 Å². The molecule has 0 radical (unpaired) electrons. The van der Waals surface area contributed by atoms with Crippen molar-refractivity contribution in [3.8, 4) is 5.69 Å². The molecule has 0 spiro atoms. The number of anilines is 1. The molecule has 1 aromatic heterocycles. The average molecular weight is 334 g/mol. The lowest BCUT2D eigenvalue weighted by molar-refractivity contribution is -0.141. The fraction of sp³-hybridized carbons (Fsp3) is 0.357. The summed E-state index contributed by atoms with van der Waals surface area (Å²) in [5.74, 6) is 0.123. The highest BCUT2D eigenvalue weighted by Gasteiger charge is 2.34. The molecule has 1 heterocycles. The Morgan fingerprint density at radius 3 is 2.45 bits per heavy atom. The van der Waals surface area contributed by atoms with E-state index in [0.29, 0.717) is 17.9 Å². The van der Waals surface area contributed by atoms with Gasteiger partial charge in [-0.05, 0) is 37.3 Å². The number of rotatable bonds is 5. The van der Waals surface area contributed by atoms with Crippen LogP contribution in [-0.4, -0.2) is 33.4 Å². The van der Waals surface area contributed by atoms with Crippen molar-refractivity contribution in [3.05, 3.63) is 41.7 Å². The van der Waals surface area contributed by atoms with Crippen molar-refractivity contribution in [2.24, 2.45) is 0 Å². The van der Waals surface area contributed by atoms with Gasteiger partial charge in [-0.1, -0.05) is 0 Å². The van der Waals surface area contributed by atoms with Crippen LogP contribution in [0.15, 0.2) is 30.3 Å². The van der Waals surface area contributed by atoms with E-state index in [1.807, 2.05) is 0 Å². The highest BCUT2D eigenvalue weighted by atomic mass is 35.5. The monoisotopic (exact) mass is 333 g/mol. The molecule has 0 aliphatic heterocycles. The van der Waals surface area contributed by atoms with Gasteiger partial charge in [0.2, 0.25) is 0 Å². The van der Waals surface area contributed by atoms with Gasteiger partial charge in [0.15, 0.2) is 5.69 Å². The predicted octanol–water partition coefficient (Wildman–Crippen LogP) is 3.21. The number of nitrogens with one attached hydrogen (secondary N) is 1. The molecule has 0 bridgehead atoms. The van der Waals surface area contributed by atoms with E-state index in [9.17, 15) is 18.3 Å². The third-order valence-electron chi connectivity index (χ3n) is 3.01. The Kier molecular flexibility index (Phi) is 4.97. The molecule has 22 heavy (non-hydrogen) atoms. The summed E-state index contributed by atoms with van der Waals surface area (Å²) in [6, 6.07) is 7.70. The molecule has 2 N–H and O–H groups in total. The number of hydrogen-bond acceptors (Lipinski definition) is 3. The van der Waals surface area contributed by atoms with Crippen LogP contribution in [0.2, 0.25) is 0 Å². The highest BCUT2D eigenvalue weighted by molar-refractivity contribution is 6.18. The summed E-state index contributed by atoms with van der Waals surface area (Å²) in [5, 5.41) is 15.9. The molecule has 2 aromatic rings. The number of nitrogens with zero attached hydrogens (tertiary/aromatic N) is 2. The van der Waals surface area contributed by atoms with Crippen molar-refractivity contribution in [1.29, 1.82) is 0 Å². The van der Waals surface area contributed by atoms with Crippen LogP contribution >= 0.6 is 11.6 Å². The quantitative estimate of drug-likeness (QED) is 0.826. The van der Waals surface area contributed by atoms with E-state index in [1.54, 1.807) is 31.2 Å². The lowest BCUT2D eigenvalue weighted by Crippen LogP contribution is -2.20. The summed E-state index contributed by atoms with van der Waals surface area (Å²) in [4.78, 5) is 0. The molecule has 1 aromatic carbocycles. The zero-order valence-electron chi connectivity index (χ0n) is 11.7. The van der Waals surface area contributed by atoms with Crippen molar-refractivity contribution in [1.82, 2.24) is 9.78 Å². The summed E-state index contributed by atoms with van der Waals surface area (Å²) in [6.07, 6.45) is -5.13. The smallest absolute Gasteiger partial charge is 0.390 e. The van der Waals surface area contributed by atoms with Crippen LogP contribution in [0.3, 0.4) is 0 Å². The van der Waals surface area contributed by atoms with Gasteiger partial charge in [-0.25, -0.2) is 4.68 Å². The van der Waals surface area contributed by atoms with E-state index in [4.69, 9.17) is 11.6 Å². The average Bonchev–Trinajstić information content (AvgIpc) is 2.87. The maximum atomic E-state index is 12.7. The van der Waals surface area contributed by atoms with Crippen molar-refractivity contribution in [2.45, 2.75) is 19.2 Å². The maximum absolute atomic E-state index is 12.7. The van der Waals surface area contributed by atoms with E-state index >= 15 is 0 Å². The third kappa shape index (κ3) is 3.92. The second kappa shape index (κ2) is 6.58. The van der Waals surface area contributed by atoms with Crippen molar-refractivity contribution < 1.29 is 18.3 Å². The van der Waals surface area contributed by atoms with Gasteiger partial charge in [-0.2, -0.15) is 18.3 Å². The Bertz CT molecular complexity index is 625. The van der Waals surface area contributed by atoms with Crippen LogP contribution in [0, 0.1) is 6.92 Å². The maximum Gasteiger partial charge on any atom is 0.435 e. The minimum absolute atomic E-state index is 0.123. The second-order valence-electron chi connectivity index (χ2n) is 4.82. The molecule has 0 amide bonds. The molecule has 0 fully saturated rings. The van der Waals surface area contributed by atoms with E-state index in [1.165, 1.54) is 4.68 Å². The Balaban J connectivity index is 2.15. The Morgan fingerprint density at radius 1 is 1.32 bits per heavy atom. The topological polar surface area (TPSA) is 50.1 Å². The van der Waals surface area contributed by atoms with E-state index in [-0.39, 0.29) is 5.88 Å². The van der Waals surface area contributed by atoms with Gasteiger partial charge in [-0.15, -0.1) is 11.6 Å². The SMILES string of the molecule is Cc1cc(C(F)(F)F)nn1-c1ccc(NCC(O)CCl)cc1. The Labute approximate surface area is 130 Å². The molecule has 1 unspecified atom stereocenters. The van der Waals surface area contributed by atoms with Gasteiger partial charge in [0, 0.05) is 17.9 Å². The van der Waals surface area contributed by atoms with Crippen molar-refractivity contribution in [2.75, 3.05) is 17.7 Å². The third-order valence-corrected chi connectivity index (χ3v) is 3.37. The largest absolute Gasteiger partial charge is 0.435 e. The normalized spacial score (nSPS) is 13.2. The molecule has 0 aliphatic rings. The number of hydrogen-bond donors (Lipinski definition) is 2. The molecular formula is C14H15ClF3N3O. The van der Waals surface area contributed by atoms with Crippen molar-refractivity contribution >= 4 is 17.3 Å². The molecule has 4 nitrogen and oxygen atoms in total. The van der Waals surface area contributed by atoms with Crippen LogP contribution in [0.4, 0.5) is 18.9 Å². The molecule has 8 heteroatoms. The van der Waals surface area contributed by atoms with E-state index in [0.717, 1.165) is 11.8 Å². The summed E-state index contributed by atoms with van der Waals surface area (Å²) < 4.78 is 39.2. The number of aryl methyl sites for hydroxylation is 1. The molecule has 0 saturated heterocycles. The lowest BCUT2D eigenvalue weighted by Gasteiger charge is -2.11. The Morgan fingerprint density at radius 2 is 1.95 bits per heavy atom. The van der Waals surface area contributed by atoms with Crippen LogP contribution in [0.25, 0.3) is 5.69 Å². The first-order valence-corrected chi connectivity index (χ1v) is 7.07. The molecule has 2 rings (SSSR count). The number of halogens is 4. The summed E-state index contributed by atoms with van der Waals surface area (Å²) in [7, 11) is 0. The van der Waals surface area contributed by atoms with Crippen LogP contribution in [0.5, 0.6) is 0 Å². The zero-order valence-corrected chi connectivity index (χ0v) is 12.5. The van der Waals surface area contributed by atoms with Gasteiger partial charge in [0.05, 0.1) is 17.7 Å². The minimum atomic E-state index is -4.46. The first kappa shape index (κ1) is 16.6. The highest BCUT2D eigenvalue weighted by Crippen LogP contribution is 2.29. The number of benzene rings is 1. The zero-order chi connectivity index (χ0) is 16.3. The fourth-order valence-electron chi connectivity index (χ4n) is 1.89. The minimum Gasteiger partial charge on any atom is -0.390 e. The second-order valence-corrected chi connectivity index (χ2v) is 5.13. The van der Waals surface area contributed by atoms with Crippen LogP contribution in [0.1, 0.15) is 11.4 Å².